The zero-order valence-corrected chi connectivity index (χ0v) is 18.0. The highest BCUT2D eigenvalue weighted by Gasteiger charge is 2.21. The van der Waals surface area contributed by atoms with Gasteiger partial charge in [0.25, 0.3) is 5.56 Å². The van der Waals surface area contributed by atoms with Crippen molar-refractivity contribution in [3.05, 3.63) is 59.8 Å². The van der Waals surface area contributed by atoms with Gasteiger partial charge in [-0.15, -0.1) is 0 Å². The summed E-state index contributed by atoms with van der Waals surface area (Å²) in [6.07, 6.45) is 13.7. The Hall–Kier alpha value is -3.59. The van der Waals surface area contributed by atoms with Crippen molar-refractivity contribution in [1.82, 2.24) is 34.6 Å². The first-order chi connectivity index (χ1) is 15.7. The molecule has 0 radical (unpaired) electrons. The molecule has 0 spiro atoms. The van der Waals surface area contributed by atoms with E-state index in [0.29, 0.717) is 22.9 Å². The SMILES string of the molecule is CCCN1CCC(n2cc(Nc3nc(-c4cncnc4)cc4cc[nH]c(=O)c34)cn2)CC1. The van der Waals surface area contributed by atoms with E-state index in [1.807, 2.05) is 23.0 Å². The molecular weight excluding hydrogens is 404 g/mol. The molecule has 1 aliphatic rings. The normalized spacial score (nSPS) is 15.3. The summed E-state index contributed by atoms with van der Waals surface area (Å²) >= 11 is 0. The molecule has 5 rings (SSSR count). The van der Waals surface area contributed by atoms with Crippen LogP contribution in [-0.2, 0) is 0 Å². The lowest BCUT2D eigenvalue weighted by molar-refractivity contribution is 0.180. The topological polar surface area (TPSA) is 105 Å². The van der Waals surface area contributed by atoms with Crippen LogP contribution in [-0.4, -0.2) is 54.3 Å². The molecule has 1 saturated heterocycles. The number of H-pyrrole nitrogens is 1. The van der Waals surface area contributed by atoms with E-state index in [9.17, 15) is 4.79 Å². The average molecular weight is 431 g/mol. The van der Waals surface area contributed by atoms with E-state index >= 15 is 0 Å². The standard InChI is InChI=1S/C23H26N8O/c1-2-7-30-8-4-19(5-9-30)31-14-18(13-27-31)28-22-21-16(3-6-26-23(21)32)10-20(29-22)17-11-24-15-25-12-17/h3,6,10-15,19H,2,4-5,7-9H2,1H3,(H,26,32)(H,28,29). The lowest BCUT2D eigenvalue weighted by Gasteiger charge is -2.31. The van der Waals surface area contributed by atoms with Gasteiger partial charge >= 0.3 is 0 Å². The molecule has 4 aromatic heterocycles. The molecule has 0 aromatic carbocycles. The van der Waals surface area contributed by atoms with Crippen molar-refractivity contribution < 1.29 is 0 Å². The average Bonchev–Trinajstić information content (AvgIpc) is 3.29. The quantitative estimate of drug-likeness (QED) is 0.483. The van der Waals surface area contributed by atoms with E-state index < -0.39 is 0 Å². The van der Waals surface area contributed by atoms with Gasteiger partial charge in [0.05, 0.1) is 29.0 Å². The number of pyridine rings is 2. The first-order valence-electron chi connectivity index (χ1n) is 11.0. The largest absolute Gasteiger partial charge is 0.337 e. The van der Waals surface area contributed by atoms with E-state index in [0.717, 1.165) is 49.1 Å². The lowest BCUT2D eigenvalue weighted by atomic mass is 10.1. The smallest absolute Gasteiger partial charge is 0.259 e. The Labute approximate surface area is 185 Å². The van der Waals surface area contributed by atoms with Crippen molar-refractivity contribution in [3.63, 3.8) is 0 Å². The van der Waals surface area contributed by atoms with Gasteiger partial charge in [-0.2, -0.15) is 5.10 Å². The number of nitrogens with zero attached hydrogens (tertiary/aromatic N) is 6. The third kappa shape index (κ3) is 4.11. The molecule has 2 N–H and O–H groups in total. The first-order valence-corrected chi connectivity index (χ1v) is 11.0. The van der Waals surface area contributed by atoms with E-state index in [-0.39, 0.29) is 5.56 Å². The number of rotatable bonds is 6. The van der Waals surface area contributed by atoms with E-state index in [1.54, 1.807) is 24.8 Å². The van der Waals surface area contributed by atoms with Crippen LogP contribution in [0.5, 0.6) is 0 Å². The number of likely N-dealkylation sites (tertiary alicyclic amines) is 1. The third-order valence-electron chi connectivity index (χ3n) is 5.95. The van der Waals surface area contributed by atoms with Gasteiger partial charge in [-0.1, -0.05) is 6.92 Å². The van der Waals surface area contributed by atoms with E-state index in [2.05, 4.69) is 37.2 Å². The Bertz CT molecular complexity index is 1260. The summed E-state index contributed by atoms with van der Waals surface area (Å²) in [5.74, 6) is 0.487. The number of aromatic nitrogens is 6. The summed E-state index contributed by atoms with van der Waals surface area (Å²) in [6, 6.07) is 4.13. The van der Waals surface area contributed by atoms with Gasteiger partial charge in [0.1, 0.15) is 12.1 Å². The van der Waals surface area contributed by atoms with E-state index in [4.69, 9.17) is 4.98 Å². The van der Waals surface area contributed by atoms with Gasteiger partial charge in [-0.3, -0.25) is 9.48 Å². The highest BCUT2D eigenvalue weighted by atomic mass is 16.1. The summed E-state index contributed by atoms with van der Waals surface area (Å²) in [6.45, 7) is 5.59. The molecule has 1 fully saturated rings. The predicted octanol–water partition coefficient (Wildman–Crippen LogP) is 3.37. The number of piperidine rings is 1. The number of hydrogen-bond donors (Lipinski definition) is 2. The number of hydrogen-bond acceptors (Lipinski definition) is 7. The third-order valence-corrected chi connectivity index (χ3v) is 5.95. The molecular formula is C23H26N8O. The molecule has 32 heavy (non-hydrogen) atoms. The van der Waals surface area contributed by atoms with E-state index in [1.165, 1.54) is 12.7 Å². The molecule has 9 heteroatoms. The number of aromatic amines is 1. The van der Waals surface area contributed by atoms with Gasteiger partial charge in [0.15, 0.2) is 0 Å². The minimum atomic E-state index is -0.191. The summed E-state index contributed by atoms with van der Waals surface area (Å²) in [5, 5.41) is 9.21. The molecule has 0 aliphatic carbocycles. The Morgan fingerprint density at radius 1 is 1.19 bits per heavy atom. The highest BCUT2D eigenvalue weighted by molar-refractivity contribution is 5.94. The van der Waals surface area contributed by atoms with Crippen molar-refractivity contribution in [2.45, 2.75) is 32.2 Å². The second-order valence-corrected chi connectivity index (χ2v) is 8.16. The molecule has 0 amide bonds. The molecule has 1 aliphatic heterocycles. The predicted molar refractivity (Wildman–Crippen MR) is 124 cm³/mol. The minimum Gasteiger partial charge on any atom is -0.337 e. The van der Waals surface area contributed by atoms with Crippen LogP contribution in [0.3, 0.4) is 0 Å². The molecule has 4 aromatic rings. The number of nitrogens with one attached hydrogen (secondary N) is 2. The van der Waals surface area contributed by atoms with Gasteiger partial charge in [0.2, 0.25) is 0 Å². The summed E-state index contributed by atoms with van der Waals surface area (Å²) in [4.78, 5) is 30.7. The molecule has 9 nitrogen and oxygen atoms in total. The molecule has 0 atom stereocenters. The van der Waals surface area contributed by atoms with Crippen LogP contribution in [0.15, 0.2) is 54.2 Å². The summed E-state index contributed by atoms with van der Waals surface area (Å²) in [7, 11) is 0. The van der Waals surface area contributed by atoms with Crippen LogP contribution in [0.2, 0.25) is 0 Å². The maximum Gasteiger partial charge on any atom is 0.259 e. The van der Waals surface area contributed by atoms with Crippen molar-refractivity contribution in [2.24, 2.45) is 0 Å². The summed E-state index contributed by atoms with van der Waals surface area (Å²) < 4.78 is 2.03. The van der Waals surface area contributed by atoms with Crippen molar-refractivity contribution in [1.29, 1.82) is 0 Å². The fraction of sp³-hybridized carbons (Fsp3) is 0.348. The molecule has 5 heterocycles. The molecule has 0 bridgehead atoms. The highest BCUT2D eigenvalue weighted by Crippen LogP contribution is 2.28. The maximum atomic E-state index is 12.6. The van der Waals surface area contributed by atoms with Gasteiger partial charge < -0.3 is 15.2 Å². The Morgan fingerprint density at radius 3 is 2.78 bits per heavy atom. The fourth-order valence-corrected chi connectivity index (χ4v) is 4.35. The minimum absolute atomic E-state index is 0.191. The molecule has 164 valence electrons. The Kier molecular flexibility index (Phi) is 5.64. The second-order valence-electron chi connectivity index (χ2n) is 8.16. The van der Waals surface area contributed by atoms with Gasteiger partial charge in [-0.25, -0.2) is 15.0 Å². The van der Waals surface area contributed by atoms with Crippen LogP contribution >= 0.6 is 0 Å². The maximum absolute atomic E-state index is 12.6. The monoisotopic (exact) mass is 430 g/mol. The van der Waals surface area contributed by atoms with Crippen LogP contribution in [0.1, 0.15) is 32.2 Å². The van der Waals surface area contributed by atoms with Crippen LogP contribution in [0.4, 0.5) is 11.5 Å². The molecule has 0 saturated carbocycles. The zero-order valence-electron chi connectivity index (χ0n) is 18.0. The Balaban J connectivity index is 1.44. The Morgan fingerprint density at radius 2 is 2.00 bits per heavy atom. The van der Waals surface area contributed by atoms with Crippen LogP contribution < -0.4 is 10.9 Å². The second kappa shape index (κ2) is 8.88. The van der Waals surface area contributed by atoms with Crippen molar-refractivity contribution in [2.75, 3.05) is 25.0 Å². The fourth-order valence-electron chi connectivity index (χ4n) is 4.35. The van der Waals surface area contributed by atoms with Crippen LogP contribution in [0.25, 0.3) is 22.0 Å². The number of fused-ring (bicyclic) bond motifs is 1. The van der Waals surface area contributed by atoms with Crippen LogP contribution in [0, 0.1) is 0 Å². The van der Waals surface area contributed by atoms with Gasteiger partial charge in [0, 0.05) is 43.4 Å². The van der Waals surface area contributed by atoms with Gasteiger partial charge in [-0.05, 0) is 43.3 Å². The van der Waals surface area contributed by atoms with Crippen molar-refractivity contribution in [3.8, 4) is 11.3 Å². The zero-order chi connectivity index (χ0) is 21.9. The summed E-state index contributed by atoms with van der Waals surface area (Å²) in [5.41, 5.74) is 2.10. The molecule has 0 unspecified atom stereocenters. The number of anilines is 2. The van der Waals surface area contributed by atoms with Crippen molar-refractivity contribution >= 4 is 22.3 Å². The first kappa shape index (κ1) is 20.3. The lowest BCUT2D eigenvalue weighted by Crippen LogP contribution is -2.35.